The lowest BCUT2D eigenvalue weighted by atomic mass is 9.80. The van der Waals surface area contributed by atoms with Crippen molar-refractivity contribution in [2.45, 2.75) is 26.3 Å². The predicted octanol–water partition coefficient (Wildman–Crippen LogP) is 3.27. The van der Waals surface area contributed by atoms with E-state index in [0.29, 0.717) is 19.4 Å². The maximum absolute atomic E-state index is 13.2. The second-order valence-corrected chi connectivity index (χ2v) is 6.23. The molecule has 1 aromatic carbocycles. The third-order valence-corrected chi connectivity index (χ3v) is 4.65. The molecule has 1 heterocycles. The van der Waals surface area contributed by atoms with Crippen LogP contribution >= 0.6 is 15.9 Å². The van der Waals surface area contributed by atoms with E-state index in [2.05, 4.69) is 20.8 Å². The fourth-order valence-corrected chi connectivity index (χ4v) is 2.70. The summed E-state index contributed by atoms with van der Waals surface area (Å²) in [7, 11) is 0. The van der Waals surface area contributed by atoms with Crippen LogP contribution in [0.15, 0.2) is 22.7 Å². The first kappa shape index (κ1) is 14.5. The molecule has 1 saturated heterocycles. The van der Waals surface area contributed by atoms with Gasteiger partial charge in [-0.25, -0.2) is 4.39 Å². The number of likely N-dealkylation sites (tertiary alicyclic amines) is 1. The van der Waals surface area contributed by atoms with Gasteiger partial charge in [0.25, 0.3) is 0 Å². The summed E-state index contributed by atoms with van der Waals surface area (Å²) in [4.78, 5) is 13.3. The largest absolute Gasteiger partial charge is 0.481 e. The molecule has 1 N–H and O–H groups in total. The van der Waals surface area contributed by atoms with Crippen LogP contribution in [0, 0.1) is 11.2 Å². The number of hydrogen-bond donors (Lipinski definition) is 1. The maximum Gasteiger partial charge on any atom is 0.309 e. The predicted molar refractivity (Wildman–Crippen MR) is 74.4 cm³/mol. The highest BCUT2D eigenvalue weighted by Crippen LogP contribution is 2.32. The van der Waals surface area contributed by atoms with Crippen molar-refractivity contribution in [3.05, 3.63) is 34.1 Å². The van der Waals surface area contributed by atoms with Gasteiger partial charge in [0.2, 0.25) is 0 Å². The minimum absolute atomic E-state index is 0.245. The minimum atomic E-state index is -0.723. The van der Waals surface area contributed by atoms with E-state index in [1.54, 1.807) is 13.0 Å². The number of benzene rings is 1. The summed E-state index contributed by atoms with van der Waals surface area (Å²) in [5.41, 5.74) is 0.286. The number of carboxylic acid groups (broad SMARTS) is 1. The Morgan fingerprint density at radius 1 is 1.47 bits per heavy atom. The Morgan fingerprint density at radius 2 is 2.11 bits per heavy atom. The van der Waals surface area contributed by atoms with Crippen molar-refractivity contribution in [2.75, 3.05) is 13.1 Å². The number of hydrogen-bond acceptors (Lipinski definition) is 2. The molecule has 1 aliphatic rings. The summed E-state index contributed by atoms with van der Waals surface area (Å²) < 4.78 is 14.1. The molecule has 0 unspecified atom stereocenters. The Morgan fingerprint density at radius 3 is 2.68 bits per heavy atom. The van der Waals surface area contributed by atoms with Gasteiger partial charge in [0.1, 0.15) is 5.82 Å². The number of aliphatic carboxylic acids is 1. The Bertz CT molecular complexity index is 484. The van der Waals surface area contributed by atoms with Crippen molar-refractivity contribution in [2.24, 2.45) is 5.41 Å². The lowest BCUT2D eigenvalue weighted by molar-refractivity contribution is -0.150. The lowest BCUT2D eigenvalue weighted by Crippen LogP contribution is -2.42. The molecule has 0 atom stereocenters. The van der Waals surface area contributed by atoms with Crippen LogP contribution in [0.25, 0.3) is 0 Å². The highest BCUT2D eigenvalue weighted by Gasteiger charge is 2.36. The summed E-state index contributed by atoms with van der Waals surface area (Å²) in [5.74, 6) is -0.968. The molecule has 104 valence electrons. The first-order chi connectivity index (χ1) is 8.90. The van der Waals surface area contributed by atoms with Crippen LogP contribution in [0.4, 0.5) is 4.39 Å². The molecule has 5 heteroatoms. The highest BCUT2D eigenvalue weighted by atomic mass is 79.9. The molecular formula is C14H17BrFNO2. The van der Waals surface area contributed by atoms with E-state index in [-0.39, 0.29) is 5.82 Å². The summed E-state index contributed by atoms with van der Waals surface area (Å²) in [5, 5.41) is 9.18. The third kappa shape index (κ3) is 3.34. The van der Waals surface area contributed by atoms with Crippen molar-refractivity contribution in [1.29, 1.82) is 0 Å². The zero-order chi connectivity index (χ0) is 14.0. The molecule has 3 nitrogen and oxygen atoms in total. The second-order valence-electron chi connectivity index (χ2n) is 5.38. The van der Waals surface area contributed by atoms with Gasteiger partial charge in [-0.2, -0.15) is 0 Å². The Balaban J connectivity index is 1.99. The van der Waals surface area contributed by atoms with Gasteiger partial charge >= 0.3 is 5.97 Å². The smallest absolute Gasteiger partial charge is 0.309 e. The van der Waals surface area contributed by atoms with Crippen LogP contribution in [-0.4, -0.2) is 29.1 Å². The number of halogens is 2. The summed E-state index contributed by atoms with van der Waals surface area (Å²) in [6.07, 6.45) is 1.27. The molecular weight excluding hydrogens is 313 g/mol. The zero-order valence-corrected chi connectivity index (χ0v) is 12.4. The van der Waals surface area contributed by atoms with E-state index in [0.717, 1.165) is 23.1 Å². The van der Waals surface area contributed by atoms with E-state index in [1.807, 2.05) is 0 Å². The SMILES string of the molecule is CC1(C(=O)O)CCN(Cc2cc(F)ccc2Br)CC1. The molecule has 0 spiro atoms. The molecule has 1 aromatic rings. The number of carboxylic acids is 1. The molecule has 0 amide bonds. The topological polar surface area (TPSA) is 40.5 Å². The molecule has 1 fully saturated rings. The van der Waals surface area contributed by atoms with Gasteiger partial charge in [0.05, 0.1) is 5.41 Å². The molecule has 0 aromatic heterocycles. The summed E-state index contributed by atoms with van der Waals surface area (Å²) in [6, 6.07) is 4.65. The first-order valence-corrected chi connectivity index (χ1v) is 7.10. The molecule has 1 aliphatic heterocycles. The Kier molecular flexibility index (Phi) is 4.26. The maximum atomic E-state index is 13.2. The lowest BCUT2D eigenvalue weighted by Gasteiger charge is -2.36. The molecule has 2 rings (SSSR count). The first-order valence-electron chi connectivity index (χ1n) is 6.30. The standard InChI is InChI=1S/C14H17BrFNO2/c1-14(13(18)19)4-6-17(7-5-14)9-10-8-11(16)2-3-12(10)15/h2-3,8H,4-7,9H2,1H3,(H,18,19). The van der Waals surface area contributed by atoms with Gasteiger partial charge in [-0.05, 0) is 56.6 Å². The quantitative estimate of drug-likeness (QED) is 0.925. The third-order valence-electron chi connectivity index (χ3n) is 3.88. The van der Waals surface area contributed by atoms with Crippen LogP contribution in [0.2, 0.25) is 0 Å². The summed E-state index contributed by atoms with van der Waals surface area (Å²) in [6.45, 7) is 3.90. The van der Waals surface area contributed by atoms with Gasteiger partial charge in [0.15, 0.2) is 0 Å². The van der Waals surface area contributed by atoms with Gasteiger partial charge in [-0.1, -0.05) is 15.9 Å². The van der Waals surface area contributed by atoms with Gasteiger partial charge in [0, 0.05) is 11.0 Å². The van der Waals surface area contributed by atoms with Crippen molar-refractivity contribution >= 4 is 21.9 Å². The van der Waals surface area contributed by atoms with Crippen LogP contribution in [0.5, 0.6) is 0 Å². The highest BCUT2D eigenvalue weighted by molar-refractivity contribution is 9.10. The molecule has 0 aliphatic carbocycles. The van der Waals surface area contributed by atoms with E-state index < -0.39 is 11.4 Å². The molecule has 0 saturated carbocycles. The average Bonchev–Trinajstić information content (AvgIpc) is 2.36. The van der Waals surface area contributed by atoms with Crippen molar-refractivity contribution in [1.82, 2.24) is 4.90 Å². The summed E-state index contributed by atoms with van der Waals surface area (Å²) >= 11 is 3.42. The minimum Gasteiger partial charge on any atom is -0.481 e. The second kappa shape index (κ2) is 5.59. The van der Waals surface area contributed by atoms with Crippen LogP contribution in [0.3, 0.4) is 0 Å². The number of carbonyl (C=O) groups is 1. The van der Waals surface area contributed by atoms with Crippen molar-refractivity contribution in [3.8, 4) is 0 Å². The molecule has 0 radical (unpaired) electrons. The van der Waals surface area contributed by atoms with E-state index in [4.69, 9.17) is 0 Å². The van der Waals surface area contributed by atoms with E-state index in [1.165, 1.54) is 12.1 Å². The van der Waals surface area contributed by atoms with Crippen molar-refractivity contribution in [3.63, 3.8) is 0 Å². The zero-order valence-electron chi connectivity index (χ0n) is 10.8. The number of rotatable bonds is 3. The molecule has 0 bridgehead atoms. The van der Waals surface area contributed by atoms with E-state index in [9.17, 15) is 14.3 Å². The average molecular weight is 330 g/mol. The number of piperidine rings is 1. The van der Waals surface area contributed by atoms with Gasteiger partial charge in [-0.15, -0.1) is 0 Å². The van der Waals surface area contributed by atoms with Gasteiger partial charge < -0.3 is 5.11 Å². The molecule has 19 heavy (non-hydrogen) atoms. The van der Waals surface area contributed by atoms with Crippen LogP contribution in [0.1, 0.15) is 25.3 Å². The Labute approximate surface area is 120 Å². The monoisotopic (exact) mass is 329 g/mol. The fourth-order valence-electron chi connectivity index (χ4n) is 2.32. The number of nitrogens with zero attached hydrogens (tertiary/aromatic N) is 1. The fraction of sp³-hybridized carbons (Fsp3) is 0.500. The normalized spacial score (nSPS) is 19.3. The van der Waals surface area contributed by atoms with Crippen molar-refractivity contribution < 1.29 is 14.3 Å². The van der Waals surface area contributed by atoms with Crippen LogP contribution < -0.4 is 0 Å². The Hall–Kier alpha value is -0.940. The van der Waals surface area contributed by atoms with Crippen LogP contribution in [-0.2, 0) is 11.3 Å². The van der Waals surface area contributed by atoms with Gasteiger partial charge in [-0.3, -0.25) is 9.69 Å². The van der Waals surface area contributed by atoms with E-state index >= 15 is 0 Å².